The minimum atomic E-state index is -2.23. The summed E-state index contributed by atoms with van der Waals surface area (Å²) >= 11 is 2.23. The number of rotatable bonds is 5. The number of alkyl halides is 2. The third-order valence-corrected chi connectivity index (χ3v) is 5.89. The zero-order valence-electron chi connectivity index (χ0n) is 11.3. The molecule has 0 spiro atoms. The van der Waals surface area contributed by atoms with Gasteiger partial charge in [-0.3, -0.25) is 0 Å². The summed E-state index contributed by atoms with van der Waals surface area (Å²) in [6.07, 6.45) is -1.15. The number of nitrogens with zero attached hydrogens (tertiary/aromatic N) is 1. The topological polar surface area (TPSA) is 12.5 Å². The Balaban J connectivity index is 2.26. The van der Waals surface area contributed by atoms with Crippen LogP contribution in [-0.4, -0.2) is 24.4 Å². The van der Waals surface area contributed by atoms with Crippen molar-refractivity contribution in [3.05, 3.63) is 35.4 Å². The smallest absolute Gasteiger partial charge is 0.241 e. The highest BCUT2D eigenvalue weighted by Crippen LogP contribution is 2.43. The Bertz CT molecular complexity index is 435. The van der Waals surface area contributed by atoms with Gasteiger partial charge in [0.1, 0.15) is 0 Å². The molecule has 0 saturated carbocycles. The van der Waals surface area contributed by atoms with Crippen molar-refractivity contribution in [1.29, 1.82) is 0 Å². The predicted molar refractivity (Wildman–Crippen MR) is 86.9 cm³/mol. The van der Waals surface area contributed by atoms with Crippen molar-refractivity contribution in [1.82, 2.24) is 4.31 Å². The Morgan fingerprint density at radius 2 is 2.20 bits per heavy atom. The number of ether oxygens (including phenoxy) is 1. The summed E-state index contributed by atoms with van der Waals surface area (Å²) in [6.45, 7) is 1.22. The fourth-order valence-electron chi connectivity index (χ4n) is 2.71. The van der Waals surface area contributed by atoms with Gasteiger partial charge < -0.3 is 4.74 Å². The molecular weight excluding hydrogens is 395 g/mol. The van der Waals surface area contributed by atoms with E-state index in [2.05, 4.69) is 25.5 Å². The van der Waals surface area contributed by atoms with E-state index < -0.39 is 12.3 Å². The molecule has 112 valence electrons. The lowest BCUT2D eigenvalue weighted by Gasteiger charge is -2.38. The number of piperidine rings is 1. The maximum absolute atomic E-state index is 13.0. The molecule has 1 heterocycles. The van der Waals surface area contributed by atoms with Gasteiger partial charge in [-0.2, -0.15) is 0 Å². The minimum Gasteiger partial charge on any atom is -0.380 e. The van der Waals surface area contributed by atoms with Crippen LogP contribution in [0.2, 0.25) is 0 Å². The van der Waals surface area contributed by atoms with Crippen LogP contribution >= 0.6 is 30.3 Å². The molecule has 0 aromatic heterocycles. The first-order valence-corrected chi connectivity index (χ1v) is 9.89. The van der Waals surface area contributed by atoms with E-state index in [9.17, 15) is 8.78 Å². The lowest BCUT2D eigenvalue weighted by atomic mass is 9.87. The van der Waals surface area contributed by atoms with Crippen LogP contribution in [0.4, 0.5) is 8.78 Å². The van der Waals surface area contributed by atoms with Crippen LogP contribution in [0, 0.1) is 5.92 Å². The van der Waals surface area contributed by atoms with Crippen LogP contribution in [0.15, 0.2) is 24.3 Å². The molecular formula is C14H18F2INOS. The first kappa shape index (κ1) is 16.5. The molecule has 2 atom stereocenters. The van der Waals surface area contributed by atoms with Crippen molar-refractivity contribution < 1.29 is 13.5 Å². The molecule has 1 aliphatic rings. The van der Waals surface area contributed by atoms with Crippen LogP contribution in [-0.2, 0) is 11.3 Å². The lowest BCUT2D eigenvalue weighted by molar-refractivity contribution is 0.0347. The number of methoxy groups -OCH3 is 1. The molecule has 1 aliphatic heterocycles. The zero-order chi connectivity index (χ0) is 14.5. The second-order valence-corrected chi connectivity index (χ2v) is 6.76. The Morgan fingerprint density at radius 3 is 2.85 bits per heavy atom. The lowest BCUT2D eigenvalue weighted by Crippen LogP contribution is -2.34. The summed E-state index contributed by atoms with van der Waals surface area (Å²) in [4.78, 5) is 0. The minimum absolute atomic E-state index is 0.0380. The van der Waals surface area contributed by atoms with Gasteiger partial charge in [-0.25, -0.2) is 13.1 Å². The molecule has 0 amide bonds. The summed E-state index contributed by atoms with van der Waals surface area (Å²) in [6, 6.07) is 8.02. The number of hydrogen-bond acceptors (Lipinski definition) is 3. The monoisotopic (exact) mass is 413 g/mol. The Morgan fingerprint density at radius 1 is 1.45 bits per heavy atom. The van der Waals surface area contributed by atoms with Gasteiger partial charge in [0, 0.05) is 46.8 Å². The summed E-state index contributed by atoms with van der Waals surface area (Å²) < 4.78 is 33.5. The van der Waals surface area contributed by atoms with Gasteiger partial charge in [-0.15, -0.1) is 0 Å². The van der Waals surface area contributed by atoms with Gasteiger partial charge in [0.25, 0.3) is 0 Å². The summed E-state index contributed by atoms with van der Waals surface area (Å²) in [7, 11) is 3.26. The van der Waals surface area contributed by atoms with Crippen LogP contribution in [0.5, 0.6) is 0 Å². The van der Waals surface area contributed by atoms with Gasteiger partial charge in [0.2, 0.25) is 6.43 Å². The molecule has 1 saturated heterocycles. The van der Waals surface area contributed by atoms with E-state index in [1.165, 1.54) is 0 Å². The molecule has 0 radical (unpaired) electrons. The second kappa shape index (κ2) is 7.91. The first-order valence-electron chi connectivity index (χ1n) is 6.57. The Labute approximate surface area is 135 Å². The number of hydrogen-bond donors (Lipinski definition) is 0. The molecule has 2 unspecified atom stereocenters. The third-order valence-electron chi connectivity index (χ3n) is 3.75. The average molecular weight is 413 g/mol. The highest BCUT2D eigenvalue weighted by atomic mass is 127. The molecule has 1 fully saturated rings. The standard InChI is InChI=1S/C14H18F2INOS/c1-19-9-11-4-2-3-5-12(11)13-8-10(14(15)16)6-7-18(13)20-17/h2-5,10,13-14H,6-9H2,1H3. The van der Waals surface area contributed by atoms with E-state index in [-0.39, 0.29) is 6.04 Å². The van der Waals surface area contributed by atoms with E-state index >= 15 is 0 Å². The summed E-state index contributed by atoms with van der Waals surface area (Å²) in [5.41, 5.74) is 2.20. The Hall–Kier alpha value is 0.0800. The van der Waals surface area contributed by atoms with Gasteiger partial charge in [0.05, 0.1) is 6.61 Å². The maximum Gasteiger partial charge on any atom is 0.241 e. The molecule has 1 aromatic carbocycles. The van der Waals surface area contributed by atoms with E-state index in [0.29, 0.717) is 26.0 Å². The molecule has 0 aliphatic carbocycles. The van der Waals surface area contributed by atoms with Crippen LogP contribution in [0.1, 0.15) is 30.0 Å². The van der Waals surface area contributed by atoms with Gasteiger partial charge >= 0.3 is 0 Å². The number of benzene rings is 1. The molecule has 6 heteroatoms. The predicted octanol–water partition coefficient (Wildman–Crippen LogP) is 4.85. The van der Waals surface area contributed by atoms with Crippen LogP contribution in [0.3, 0.4) is 0 Å². The molecule has 2 rings (SSSR count). The van der Waals surface area contributed by atoms with E-state index in [1.807, 2.05) is 24.3 Å². The zero-order valence-corrected chi connectivity index (χ0v) is 14.2. The number of halogens is 3. The van der Waals surface area contributed by atoms with E-state index in [1.54, 1.807) is 16.2 Å². The van der Waals surface area contributed by atoms with E-state index in [0.717, 1.165) is 11.1 Å². The molecule has 0 N–H and O–H groups in total. The molecule has 20 heavy (non-hydrogen) atoms. The van der Waals surface area contributed by atoms with Crippen LogP contribution in [0.25, 0.3) is 0 Å². The molecule has 0 bridgehead atoms. The van der Waals surface area contributed by atoms with Crippen molar-refractivity contribution >= 4 is 30.3 Å². The quantitative estimate of drug-likeness (QED) is 0.506. The fourth-order valence-corrected chi connectivity index (χ4v) is 4.60. The van der Waals surface area contributed by atoms with Crippen molar-refractivity contribution in [2.45, 2.75) is 31.9 Å². The summed E-state index contributed by atoms with van der Waals surface area (Å²) in [5, 5.41) is 0. The van der Waals surface area contributed by atoms with Gasteiger partial charge in [-0.05, 0) is 33.1 Å². The second-order valence-electron chi connectivity index (χ2n) is 4.98. The Kier molecular flexibility index (Phi) is 6.51. The van der Waals surface area contributed by atoms with Gasteiger partial charge in [-0.1, -0.05) is 24.3 Å². The van der Waals surface area contributed by atoms with Crippen molar-refractivity contribution in [3.8, 4) is 0 Å². The highest BCUT2D eigenvalue weighted by molar-refractivity contribution is 14.2. The highest BCUT2D eigenvalue weighted by Gasteiger charge is 2.34. The average Bonchev–Trinajstić information content (AvgIpc) is 2.47. The first-order chi connectivity index (χ1) is 9.67. The SMILES string of the molecule is COCc1ccccc1C1CC(C(F)F)CCN1SI. The largest absolute Gasteiger partial charge is 0.380 e. The van der Waals surface area contributed by atoms with Gasteiger partial charge in [0.15, 0.2) is 0 Å². The maximum atomic E-state index is 13.0. The summed E-state index contributed by atoms with van der Waals surface area (Å²) in [5.74, 6) is -0.504. The van der Waals surface area contributed by atoms with Crippen molar-refractivity contribution in [2.75, 3.05) is 13.7 Å². The van der Waals surface area contributed by atoms with Crippen LogP contribution < -0.4 is 0 Å². The van der Waals surface area contributed by atoms with Crippen molar-refractivity contribution in [3.63, 3.8) is 0 Å². The fraction of sp³-hybridized carbons (Fsp3) is 0.571. The normalized spacial score (nSPS) is 24.2. The molecule has 1 aromatic rings. The third kappa shape index (κ3) is 3.84. The van der Waals surface area contributed by atoms with E-state index in [4.69, 9.17) is 4.74 Å². The van der Waals surface area contributed by atoms with Crippen molar-refractivity contribution in [2.24, 2.45) is 5.92 Å². The molecule has 2 nitrogen and oxygen atoms in total.